The lowest BCUT2D eigenvalue weighted by atomic mass is 10.1. The molecule has 2 heterocycles. The van der Waals surface area contributed by atoms with Crippen LogP contribution in [0.2, 0.25) is 0 Å². The van der Waals surface area contributed by atoms with E-state index in [1.54, 1.807) is 18.2 Å². The summed E-state index contributed by atoms with van der Waals surface area (Å²) >= 11 is 0. The van der Waals surface area contributed by atoms with E-state index in [0.29, 0.717) is 22.9 Å². The molecule has 108 valence electrons. The molecule has 6 heteroatoms. The molecule has 0 amide bonds. The van der Waals surface area contributed by atoms with Gasteiger partial charge in [-0.1, -0.05) is 6.07 Å². The Morgan fingerprint density at radius 2 is 2.00 bits per heavy atom. The molecule has 0 spiro atoms. The van der Waals surface area contributed by atoms with Crippen molar-refractivity contribution in [3.8, 4) is 0 Å². The second-order valence-corrected chi connectivity index (χ2v) is 7.19. The van der Waals surface area contributed by atoms with Gasteiger partial charge < -0.3 is 11.1 Å². The molecule has 2 aliphatic heterocycles. The van der Waals surface area contributed by atoms with Crippen LogP contribution in [0.15, 0.2) is 28.0 Å². The quantitative estimate of drug-likeness (QED) is 0.831. The third-order valence-corrected chi connectivity index (χ3v) is 5.74. The van der Waals surface area contributed by atoms with Gasteiger partial charge in [0.1, 0.15) is 0 Å². The molecule has 0 bridgehead atoms. The molecule has 0 radical (unpaired) electrons. The molecular weight excluding hydrogens is 274 g/mol. The summed E-state index contributed by atoms with van der Waals surface area (Å²) < 4.78 is 25.0. The normalized spacial score (nSPS) is 21.6. The molecule has 3 rings (SSSR count). The van der Waals surface area contributed by atoms with Gasteiger partial charge in [0.25, 0.3) is 0 Å². The van der Waals surface area contributed by atoms with Gasteiger partial charge in [0.05, 0.1) is 9.80 Å². The van der Waals surface area contributed by atoms with Crippen LogP contribution in [-0.2, 0) is 16.4 Å². The van der Waals surface area contributed by atoms with E-state index >= 15 is 0 Å². The van der Waals surface area contributed by atoms with Crippen LogP contribution in [0, 0.1) is 0 Å². The van der Waals surface area contributed by atoms with Gasteiger partial charge in [-0.2, -0.15) is 0 Å². The van der Waals surface area contributed by atoms with E-state index in [1.165, 1.54) is 0 Å². The predicted octanol–water partition coefficient (Wildman–Crippen LogP) is 0.179. The minimum absolute atomic E-state index is 0.417. The van der Waals surface area contributed by atoms with Crippen molar-refractivity contribution < 1.29 is 8.42 Å². The number of nitrogens with zero attached hydrogens (tertiary/aromatic N) is 1. The number of piperazine rings is 1. The fourth-order valence-corrected chi connectivity index (χ4v) is 4.29. The number of rotatable bonds is 3. The average molecular weight is 293 g/mol. The van der Waals surface area contributed by atoms with Crippen molar-refractivity contribution in [2.75, 3.05) is 32.7 Å². The topological polar surface area (TPSA) is 75.4 Å². The summed E-state index contributed by atoms with van der Waals surface area (Å²) in [6.45, 7) is 4.52. The van der Waals surface area contributed by atoms with Crippen molar-refractivity contribution in [1.29, 1.82) is 0 Å². The van der Waals surface area contributed by atoms with Crippen molar-refractivity contribution in [2.45, 2.75) is 11.4 Å². The van der Waals surface area contributed by atoms with Gasteiger partial charge in [0.15, 0.2) is 0 Å². The Hall–Kier alpha value is -1.21. The summed E-state index contributed by atoms with van der Waals surface area (Å²) in [4.78, 5) is 3.10. The molecule has 20 heavy (non-hydrogen) atoms. The summed E-state index contributed by atoms with van der Waals surface area (Å²) in [6, 6.07) is 5.34. The van der Waals surface area contributed by atoms with Gasteiger partial charge in [-0.3, -0.25) is 4.90 Å². The number of benzene rings is 1. The largest absolute Gasteiger partial charge is 0.326 e. The zero-order chi connectivity index (χ0) is 14.2. The van der Waals surface area contributed by atoms with Crippen LogP contribution in [0.5, 0.6) is 0 Å². The van der Waals surface area contributed by atoms with Crippen LogP contribution in [0.25, 0.3) is 6.08 Å². The zero-order valence-corrected chi connectivity index (χ0v) is 12.1. The summed E-state index contributed by atoms with van der Waals surface area (Å²) in [5.41, 5.74) is 7.34. The molecule has 1 aromatic carbocycles. The standard InChI is InChI=1S/C14H19N3O2S/c15-9-11-1-2-14-12(7-11)8-13(20(14,18)19)10-17-5-3-16-4-6-17/h1-2,7-8,16H,3-6,9-10,15H2. The minimum Gasteiger partial charge on any atom is -0.326 e. The van der Waals surface area contributed by atoms with E-state index in [2.05, 4.69) is 10.2 Å². The van der Waals surface area contributed by atoms with Crippen LogP contribution >= 0.6 is 0 Å². The molecule has 0 saturated carbocycles. The highest BCUT2D eigenvalue weighted by atomic mass is 32.2. The van der Waals surface area contributed by atoms with Crippen LogP contribution in [0.3, 0.4) is 0 Å². The fraction of sp³-hybridized carbons (Fsp3) is 0.429. The SMILES string of the molecule is NCc1ccc2c(c1)C=C(CN1CCNCC1)S2(=O)=O. The smallest absolute Gasteiger partial charge is 0.204 e. The molecular formula is C14H19N3O2S. The Morgan fingerprint density at radius 3 is 2.70 bits per heavy atom. The first-order valence-corrected chi connectivity index (χ1v) is 8.31. The summed E-state index contributed by atoms with van der Waals surface area (Å²) in [5, 5.41) is 3.27. The zero-order valence-electron chi connectivity index (χ0n) is 11.3. The van der Waals surface area contributed by atoms with Gasteiger partial charge in [0, 0.05) is 39.3 Å². The van der Waals surface area contributed by atoms with Crippen LogP contribution in [0.4, 0.5) is 0 Å². The molecule has 0 aliphatic carbocycles. The number of hydrogen-bond donors (Lipinski definition) is 2. The molecule has 0 unspecified atom stereocenters. The van der Waals surface area contributed by atoms with Gasteiger partial charge in [0.2, 0.25) is 9.84 Å². The van der Waals surface area contributed by atoms with E-state index in [-0.39, 0.29) is 0 Å². The Labute approximate surface area is 119 Å². The Balaban J connectivity index is 1.89. The highest BCUT2D eigenvalue weighted by molar-refractivity contribution is 7.95. The fourth-order valence-electron chi connectivity index (χ4n) is 2.69. The highest BCUT2D eigenvalue weighted by Crippen LogP contribution is 2.33. The lowest BCUT2D eigenvalue weighted by Gasteiger charge is -2.27. The number of nitrogens with two attached hydrogens (primary N) is 1. The number of nitrogens with one attached hydrogen (secondary N) is 1. The van der Waals surface area contributed by atoms with Crippen molar-refractivity contribution in [2.24, 2.45) is 5.73 Å². The number of sulfone groups is 1. The monoisotopic (exact) mass is 293 g/mol. The molecule has 1 fully saturated rings. The van der Waals surface area contributed by atoms with E-state index in [4.69, 9.17) is 5.73 Å². The summed E-state index contributed by atoms with van der Waals surface area (Å²) in [7, 11) is -3.31. The van der Waals surface area contributed by atoms with Gasteiger partial charge in [-0.25, -0.2) is 8.42 Å². The van der Waals surface area contributed by atoms with Crippen LogP contribution in [-0.4, -0.2) is 46.0 Å². The summed E-state index contributed by atoms with van der Waals surface area (Å²) in [6.07, 6.45) is 1.80. The molecule has 1 aromatic rings. The third-order valence-electron chi connectivity index (χ3n) is 3.85. The van der Waals surface area contributed by atoms with E-state index in [9.17, 15) is 8.42 Å². The Kier molecular flexibility index (Phi) is 3.64. The number of hydrogen-bond acceptors (Lipinski definition) is 5. The van der Waals surface area contributed by atoms with Crippen LogP contribution in [0.1, 0.15) is 11.1 Å². The van der Waals surface area contributed by atoms with E-state index in [0.717, 1.165) is 37.3 Å². The van der Waals surface area contributed by atoms with Gasteiger partial charge in [-0.05, 0) is 29.3 Å². The minimum atomic E-state index is -3.31. The van der Waals surface area contributed by atoms with Crippen molar-refractivity contribution in [3.05, 3.63) is 34.2 Å². The van der Waals surface area contributed by atoms with Crippen molar-refractivity contribution >= 4 is 15.9 Å². The molecule has 1 saturated heterocycles. The summed E-state index contributed by atoms with van der Waals surface area (Å²) in [5.74, 6) is 0. The van der Waals surface area contributed by atoms with Gasteiger partial charge in [-0.15, -0.1) is 0 Å². The van der Waals surface area contributed by atoms with Crippen molar-refractivity contribution in [1.82, 2.24) is 10.2 Å². The maximum absolute atomic E-state index is 12.5. The maximum atomic E-state index is 12.5. The first-order valence-electron chi connectivity index (χ1n) is 6.83. The molecule has 5 nitrogen and oxygen atoms in total. The Morgan fingerprint density at radius 1 is 1.25 bits per heavy atom. The van der Waals surface area contributed by atoms with E-state index in [1.807, 2.05) is 6.07 Å². The predicted molar refractivity (Wildman–Crippen MR) is 78.8 cm³/mol. The molecule has 2 aliphatic rings. The Bertz CT molecular complexity index is 646. The van der Waals surface area contributed by atoms with E-state index < -0.39 is 9.84 Å². The second kappa shape index (κ2) is 5.29. The van der Waals surface area contributed by atoms with Crippen molar-refractivity contribution in [3.63, 3.8) is 0 Å². The van der Waals surface area contributed by atoms with Crippen LogP contribution < -0.4 is 11.1 Å². The number of fused-ring (bicyclic) bond motifs is 1. The highest BCUT2D eigenvalue weighted by Gasteiger charge is 2.30. The first kappa shape index (κ1) is 13.8. The maximum Gasteiger partial charge on any atom is 0.204 e. The lowest BCUT2D eigenvalue weighted by Crippen LogP contribution is -2.44. The third kappa shape index (κ3) is 2.40. The molecule has 0 aromatic heterocycles. The first-order chi connectivity index (χ1) is 9.61. The average Bonchev–Trinajstić information content (AvgIpc) is 2.71. The second-order valence-electron chi connectivity index (χ2n) is 5.22. The van der Waals surface area contributed by atoms with Gasteiger partial charge >= 0.3 is 0 Å². The lowest BCUT2D eigenvalue weighted by molar-refractivity contribution is 0.263. The molecule has 0 atom stereocenters. The molecule has 3 N–H and O–H groups in total.